The monoisotopic (exact) mass is 403 g/mol. The van der Waals surface area contributed by atoms with E-state index in [1.54, 1.807) is 13.0 Å². The fourth-order valence-corrected chi connectivity index (χ4v) is 4.39. The summed E-state index contributed by atoms with van der Waals surface area (Å²) in [7, 11) is 0. The molecule has 0 atom stereocenters. The van der Waals surface area contributed by atoms with Crippen LogP contribution in [-0.4, -0.2) is 36.0 Å². The van der Waals surface area contributed by atoms with Gasteiger partial charge in [-0.3, -0.25) is 9.59 Å². The average Bonchev–Trinajstić information content (AvgIpc) is 3.04. The van der Waals surface area contributed by atoms with Crippen molar-refractivity contribution in [1.82, 2.24) is 4.98 Å². The zero-order valence-electron chi connectivity index (χ0n) is 15.4. The summed E-state index contributed by atoms with van der Waals surface area (Å²) in [4.78, 5) is 41.4. The summed E-state index contributed by atoms with van der Waals surface area (Å²) >= 11 is 1.36. The fourth-order valence-electron chi connectivity index (χ4n) is 3.08. The molecular formula is C19H21N3O5S. The highest BCUT2D eigenvalue weighted by molar-refractivity contribution is 7.17. The van der Waals surface area contributed by atoms with Crippen LogP contribution in [0.3, 0.4) is 0 Å². The number of thiophene rings is 1. The normalized spacial score (nSPS) is 12.8. The predicted octanol–water partition coefficient (Wildman–Crippen LogP) is 2.32. The van der Waals surface area contributed by atoms with Gasteiger partial charge in [0, 0.05) is 11.1 Å². The molecule has 2 heterocycles. The number of ether oxygens (including phenoxy) is 2. The Bertz CT molecular complexity index is 909. The molecule has 1 aliphatic carbocycles. The van der Waals surface area contributed by atoms with E-state index in [1.165, 1.54) is 23.6 Å². The molecule has 3 N–H and O–H groups in total. The van der Waals surface area contributed by atoms with Gasteiger partial charge in [-0.15, -0.1) is 11.3 Å². The van der Waals surface area contributed by atoms with Gasteiger partial charge in [0.15, 0.2) is 6.61 Å². The average molecular weight is 403 g/mol. The topological polar surface area (TPSA) is 121 Å². The maximum Gasteiger partial charge on any atom is 0.344 e. The number of hydrogen-bond donors (Lipinski definition) is 2. The molecule has 0 spiro atoms. The Kier molecular flexibility index (Phi) is 6.25. The molecule has 0 fully saturated rings. The lowest BCUT2D eigenvalue weighted by Gasteiger charge is -2.11. The number of carbonyl (C=O) groups excluding carboxylic acids is 3. The van der Waals surface area contributed by atoms with E-state index in [0.717, 1.165) is 36.1 Å². The van der Waals surface area contributed by atoms with Crippen LogP contribution in [0.15, 0.2) is 18.3 Å². The van der Waals surface area contributed by atoms with Gasteiger partial charge in [-0.2, -0.15) is 0 Å². The van der Waals surface area contributed by atoms with E-state index in [4.69, 9.17) is 15.2 Å². The highest BCUT2D eigenvalue weighted by Gasteiger charge is 2.25. The number of primary amides is 1. The van der Waals surface area contributed by atoms with Crippen LogP contribution in [0, 0.1) is 0 Å². The summed E-state index contributed by atoms with van der Waals surface area (Å²) in [5, 5.41) is 3.06. The number of aryl methyl sites for hydroxylation is 1. The first-order chi connectivity index (χ1) is 13.5. The maximum absolute atomic E-state index is 12.3. The van der Waals surface area contributed by atoms with Crippen molar-refractivity contribution in [3.05, 3.63) is 39.9 Å². The number of esters is 1. The van der Waals surface area contributed by atoms with E-state index < -0.39 is 24.4 Å². The zero-order valence-corrected chi connectivity index (χ0v) is 16.3. The van der Waals surface area contributed by atoms with Gasteiger partial charge in [0.1, 0.15) is 10.6 Å². The van der Waals surface area contributed by atoms with Crippen LogP contribution >= 0.6 is 11.3 Å². The smallest absolute Gasteiger partial charge is 0.344 e. The standard InChI is InChI=1S/C19H21N3O5S/c1-2-26-17-12(7-5-9-21-17)19(25)27-10-14(23)22-18-15(16(20)24)11-6-3-4-8-13(11)28-18/h5,7,9H,2-4,6,8,10H2,1H3,(H2,20,24)(H,22,23). The van der Waals surface area contributed by atoms with E-state index in [1.807, 2.05) is 0 Å². The number of rotatable bonds is 7. The molecule has 2 aromatic heterocycles. The highest BCUT2D eigenvalue weighted by Crippen LogP contribution is 2.37. The molecule has 1 aliphatic rings. The third kappa shape index (κ3) is 4.30. The molecular weight excluding hydrogens is 382 g/mol. The molecule has 0 saturated heterocycles. The lowest BCUT2D eigenvalue weighted by molar-refractivity contribution is -0.119. The van der Waals surface area contributed by atoms with E-state index in [-0.39, 0.29) is 11.4 Å². The SMILES string of the molecule is CCOc1ncccc1C(=O)OCC(=O)Nc1sc2c(c1C(N)=O)CCCC2. The second-order valence-electron chi connectivity index (χ2n) is 6.19. The third-order valence-electron chi connectivity index (χ3n) is 4.28. The molecule has 0 aromatic carbocycles. The summed E-state index contributed by atoms with van der Waals surface area (Å²) in [6.45, 7) is 1.62. The minimum atomic E-state index is -0.715. The van der Waals surface area contributed by atoms with Crippen LogP contribution in [0.25, 0.3) is 0 Å². The second-order valence-corrected chi connectivity index (χ2v) is 7.30. The van der Waals surface area contributed by atoms with Gasteiger partial charge in [0.2, 0.25) is 5.88 Å². The molecule has 0 bridgehead atoms. The van der Waals surface area contributed by atoms with Crippen LogP contribution in [0.4, 0.5) is 5.00 Å². The molecule has 0 aliphatic heterocycles. The molecule has 3 rings (SSSR count). The summed E-state index contributed by atoms with van der Waals surface area (Å²) in [6.07, 6.45) is 5.17. The predicted molar refractivity (Wildman–Crippen MR) is 104 cm³/mol. The van der Waals surface area contributed by atoms with Gasteiger partial charge < -0.3 is 20.5 Å². The van der Waals surface area contributed by atoms with Crippen molar-refractivity contribution >= 4 is 34.1 Å². The fraction of sp³-hybridized carbons (Fsp3) is 0.368. The summed E-state index contributed by atoms with van der Waals surface area (Å²) < 4.78 is 10.4. The molecule has 0 unspecified atom stereocenters. The van der Waals surface area contributed by atoms with Crippen LogP contribution < -0.4 is 15.8 Å². The van der Waals surface area contributed by atoms with E-state index in [2.05, 4.69) is 10.3 Å². The molecule has 2 amide bonds. The molecule has 8 nitrogen and oxygen atoms in total. The largest absolute Gasteiger partial charge is 0.477 e. The molecule has 9 heteroatoms. The first kappa shape index (κ1) is 19.8. The van der Waals surface area contributed by atoms with Crippen molar-refractivity contribution in [1.29, 1.82) is 0 Å². The number of amides is 2. The van der Waals surface area contributed by atoms with Crippen LogP contribution in [0.2, 0.25) is 0 Å². The molecule has 0 saturated carbocycles. The van der Waals surface area contributed by atoms with Crippen molar-refractivity contribution < 1.29 is 23.9 Å². The van der Waals surface area contributed by atoms with Crippen LogP contribution in [0.1, 0.15) is 50.9 Å². The number of fused-ring (bicyclic) bond motifs is 1. The summed E-state index contributed by atoms with van der Waals surface area (Å²) in [5.74, 6) is -1.68. The number of pyridine rings is 1. The maximum atomic E-state index is 12.3. The van der Waals surface area contributed by atoms with Crippen molar-refractivity contribution in [2.75, 3.05) is 18.5 Å². The Balaban J connectivity index is 1.66. The first-order valence-corrected chi connectivity index (χ1v) is 9.82. The summed E-state index contributed by atoms with van der Waals surface area (Å²) in [6, 6.07) is 3.09. The number of nitrogens with two attached hydrogens (primary N) is 1. The van der Waals surface area contributed by atoms with E-state index in [9.17, 15) is 14.4 Å². The van der Waals surface area contributed by atoms with E-state index >= 15 is 0 Å². The lowest BCUT2D eigenvalue weighted by atomic mass is 9.95. The number of aromatic nitrogens is 1. The summed E-state index contributed by atoms with van der Waals surface area (Å²) in [5.41, 5.74) is 6.94. The molecule has 28 heavy (non-hydrogen) atoms. The van der Waals surface area contributed by atoms with Gasteiger partial charge in [-0.1, -0.05) is 0 Å². The lowest BCUT2D eigenvalue weighted by Crippen LogP contribution is -2.23. The minimum Gasteiger partial charge on any atom is -0.477 e. The van der Waals surface area contributed by atoms with Gasteiger partial charge in [0.25, 0.3) is 11.8 Å². The number of hydrogen-bond acceptors (Lipinski definition) is 7. The molecule has 0 radical (unpaired) electrons. The van der Waals surface area contributed by atoms with Gasteiger partial charge in [-0.05, 0) is 50.3 Å². The quantitative estimate of drug-likeness (QED) is 0.685. The van der Waals surface area contributed by atoms with Crippen LogP contribution in [0.5, 0.6) is 5.88 Å². The number of carbonyl (C=O) groups is 3. The Morgan fingerprint density at radius 3 is 2.82 bits per heavy atom. The Morgan fingerprint density at radius 1 is 1.29 bits per heavy atom. The van der Waals surface area contributed by atoms with Gasteiger partial charge >= 0.3 is 5.97 Å². The van der Waals surface area contributed by atoms with Crippen molar-refractivity contribution in [2.24, 2.45) is 5.73 Å². The third-order valence-corrected chi connectivity index (χ3v) is 5.48. The van der Waals surface area contributed by atoms with E-state index in [0.29, 0.717) is 17.2 Å². The Hall–Kier alpha value is -2.94. The highest BCUT2D eigenvalue weighted by atomic mass is 32.1. The minimum absolute atomic E-state index is 0.140. The first-order valence-electron chi connectivity index (χ1n) is 9.00. The number of anilines is 1. The van der Waals surface area contributed by atoms with Crippen molar-refractivity contribution in [3.8, 4) is 5.88 Å². The van der Waals surface area contributed by atoms with Crippen molar-refractivity contribution in [2.45, 2.75) is 32.6 Å². The zero-order chi connectivity index (χ0) is 20.1. The number of nitrogens with zero attached hydrogens (tertiary/aromatic N) is 1. The van der Waals surface area contributed by atoms with Crippen LogP contribution in [-0.2, 0) is 22.4 Å². The van der Waals surface area contributed by atoms with Crippen molar-refractivity contribution in [3.63, 3.8) is 0 Å². The molecule has 2 aromatic rings. The Morgan fingerprint density at radius 2 is 2.07 bits per heavy atom. The Labute approximate surface area is 166 Å². The number of nitrogens with one attached hydrogen (secondary N) is 1. The van der Waals surface area contributed by atoms with Gasteiger partial charge in [0.05, 0.1) is 12.2 Å². The second kappa shape index (κ2) is 8.83. The molecule has 148 valence electrons. The van der Waals surface area contributed by atoms with Gasteiger partial charge in [-0.25, -0.2) is 9.78 Å².